The minimum absolute atomic E-state index is 0.0446. The fraction of sp³-hybridized carbons (Fsp3) is 0.190. The number of aromatic nitrogens is 1. The predicted octanol–water partition coefficient (Wildman–Crippen LogP) is 4.21. The molecule has 0 saturated carbocycles. The Morgan fingerprint density at radius 1 is 1.09 bits per heavy atom. The molecule has 0 atom stereocenters. The van der Waals surface area contributed by atoms with E-state index >= 15 is 0 Å². The molecule has 2 aromatic carbocycles. The molecule has 33 heavy (non-hydrogen) atoms. The van der Waals surface area contributed by atoms with E-state index in [0.717, 1.165) is 33.2 Å². The molecule has 3 aromatic rings. The highest BCUT2D eigenvalue weighted by atomic mass is 79.9. The Kier molecular flexibility index (Phi) is 7.61. The van der Waals surface area contributed by atoms with Crippen molar-refractivity contribution >= 4 is 50.4 Å². The molecule has 1 heterocycles. The minimum atomic E-state index is -0.941. The molecule has 0 spiro atoms. The lowest BCUT2D eigenvalue weighted by molar-refractivity contribution is -0.684. The zero-order chi connectivity index (χ0) is 24.1. The number of hydrogen-bond acceptors (Lipinski definition) is 8. The van der Waals surface area contributed by atoms with Crippen molar-refractivity contribution in [1.82, 2.24) is 0 Å². The summed E-state index contributed by atoms with van der Waals surface area (Å²) in [5.41, 5.74) is 1.72. The summed E-state index contributed by atoms with van der Waals surface area (Å²) in [6.45, 7) is 1.97. The van der Waals surface area contributed by atoms with Gasteiger partial charge in [-0.05, 0) is 18.2 Å². The first-order valence-electron chi connectivity index (χ1n) is 9.52. The molecule has 0 N–H and O–H groups in total. The number of carbonyl (C=O) groups is 2. The second kappa shape index (κ2) is 10.4. The molecule has 0 aliphatic carbocycles. The minimum Gasteiger partial charge on any atom is -0.462 e. The molecule has 0 bridgehead atoms. The van der Waals surface area contributed by atoms with Gasteiger partial charge < -0.3 is 4.74 Å². The van der Waals surface area contributed by atoms with Crippen molar-refractivity contribution < 1.29 is 28.7 Å². The lowest BCUT2D eigenvalue weighted by Crippen LogP contribution is -2.38. The number of rotatable bonds is 9. The van der Waals surface area contributed by atoms with Crippen LogP contribution in [0.3, 0.4) is 0 Å². The van der Waals surface area contributed by atoms with Gasteiger partial charge in [-0.2, -0.15) is 4.57 Å². The van der Waals surface area contributed by atoms with Gasteiger partial charge >= 0.3 is 5.97 Å². The topological polar surface area (TPSA) is 134 Å². The Morgan fingerprint density at radius 2 is 1.79 bits per heavy atom. The van der Waals surface area contributed by atoms with Gasteiger partial charge in [-0.25, -0.2) is 4.79 Å². The van der Waals surface area contributed by atoms with Crippen LogP contribution in [0.2, 0.25) is 0 Å². The molecule has 0 aliphatic heterocycles. The average Bonchev–Trinajstić information content (AvgIpc) is 3.12. The molecule has 0 fully saturated rings. The van der Waals surface area contributed by atoms with Crippen LogP contribution in [0.1, 0.15) is 31.3 Å². The van der Waals surface area contributed by atoms with Crippen molar-refractivity contribution in [3.63, 3.8) is 0 Å². The number of carbonyl (C=O) groups excluding carboxylic acids is 2. The molecule has 10 nitrogen and oxygen atoms in total. The summed E-state index contributed by atoms with van der Waals surface area (Å²) in [7, 11) is 0. The van der Waals surface area contributed by atoms with Crippen LogP contribution in [0.5, 0.6) is 0 Å². The first-order valence-corrected chi connectivity index (χ1v) is 11.2. The zero-order valence-corrected chi connectivity index (χ0v) is 19.6. The Hall–Kier alpha value is -3.51. The van der Waals surface area contributed by atoms with Crippen molar-refractivity contribution in [2.45, 2.75) is 19.9 Å². The van der Waals surface area contributed by atoms with Crippen LogP contribution in [-0.4, -0.2) is 28.2 Å². The predicted molar refractivity (Wildman–Crippen MR) is 121 cm³/mol. The number of halogens is 1. The molecule has 0 radical (unpaired) electrons. The molecule has 170 valence electrons. The molecule has 0 aliphatic rings. The fourth-order valence-corrected chi connectivity index (χ4v) is 4.24. The number of ketones is 1. The Bertz CT molecular complexity index is 1240. The van der Waals surface area contributed by atoms with Gasteiger partial charge in [-0.15, -0.1) is 0 Å². The van der Waals surface area contributed by atoms with Gasteiger partial charge in [0.05, 0.1) is 27.4 Å². The van der Waals surface area contributed by atoms with E-state index in [1.54, 1.807) is 24.3 Å². The molecule has 12 heteroatoms. The monoisotopic (exact) mass is 534 g/mol. The highest BCUT2D eigenvalue weighted by Gasteiger charge is 2.25. The number of thiazole rings is 1. The van der Waals surface area contributed by atoms with E-state index in [1.165, 1.54) is 11.3 Å². The number of nitro benzene ring substituents is 2. The number of nitrogens with zero attached hydrogens (tertiary/aromatic N) is 3. The maximum atomic E-state index is 12.5. The van der Waals surface area contributed by atoms with Gasteiger partial charge in [0.25, 0.3) is 11.4 Å². The van der Waals surface area contributed by atoms with Crippen LogP contribution < -0.4 is 4.57 Å². The van der Waals surface area contributed by atoms with Crippen LogP contribution in [-0.2, 0) is 17.7 Å². The number of non-ortho nitro benzene ring substituents is 1. The zero-order valence-electron chi connectivity index (χ0n) is 17.2. The van der Waals surface area contributed by atoms with E-state index in [9.17, 15) is 29.8 Å². The molecular formula is C21H17BrN3O7S+. The second-order valence-corrected chi connectivity index (χ2v) is 8.75. The molecular weight excluding hydrogens is 518 g/mol. The van der Waals surface area contributed by atoms with E-state index in [4.69, 9.17) is 4.74 Å². The number of Topliss-reactive ketones (excluding diaryl/α,β-unsaturated/α-hetero) is 1. The smallest absolute Gasteiger partial charge is 0.345 e. The number of benzene rings is 2. The van der Waals surface area contributed by atoms with Gasteiger partial charge in [0.15, 0.2) is 5.69 Å². The van der Waals surface area contributed by atoms with Crippen molar-refractivity contribution in [2.75, 3.05) is 6.61 Å². The SMILES string of the molecule is Cc1c(CCOC(=O)c2ccc([N+](=O)[O-])cc2[N+](=O)[O-])sc[n+]1CC(=O)c1ccc(Br)cc1. The number of hydrogen-bond donors (Lipinski definition) is 0. The standard InChI is InChI=1S/C21H17BrN3O7S/c1-13-20(33-12-23(13)11-19(26)14-2-4-15(22)5-3-14)8-9-32-21(27)17-7-6-16(24(28)29)10-18(17)25(30)31/h2-7,10,12H,8-9,11H2,1H3/q+1. The van der Waals surface area contributed by atoms with Crippen LogP contribution in [0.15, 0.2) is 52.4 Å². The summed E-state index contributed by atoms with van der Waals surface area (Å²) in [5.74, 6) is -0.985. The van der Waals surface area contributed by atoms with Crippen LogP contribution in [0, 0.1) is 27.2 Å². The lowest BCUT2D eigenvalue weighted by atomic mass is 10.1. The summed E-state index contributed by atoms with van der Waals surface area (Å²) in [4.78, 5) is 46.1. The fourth-order valence-electron chi connectivity index (χ4n) is 3.00. The largest absolute Gasteiger partial charge is 0.462 e. The van der Waals surface area contributed by atoms with Crippen LogP contribution in [0.25, 0.3) is 0 Å². The first-order chi connectivity index (χ1) is 15.7. The van der Waals surface area contributed by atoms with E-state index in [2.05, 4.69) is 15.9 Å². The summed E-state index contributed by atoms with van der Waals surface area (Å²) in [5, 5.41) is 22.0. The lowest BCUT2D eigenvalue weighted by Gasteiger charge is -2.05. The third-order valence-electron chi connectivity index (χ3n) is 4.81. The number of esters is 1. The maximum Gasteiger partial charge on any atom is 0.345 e. The van der Waals surface area contributed by atoms with Crippen LogP contribution in [0.4, 0.5) is 11.4 Å². The van der Waals surface area contributed by atoms with Gasteiger partial charge in [-0.3, -0.25) is 25.0 Å². The maximum absolute atomic E-state index is 12.5. The normalized spacial score (nSPS) is 10.6. The Balaban J connectivity index is 1.62. The third-order valence-corrected chi connectivity index (χ3v) is 6.48. The van der Waals surface area contributed by atoms with Gasteiger partial charge in [-0.1, -0.05) is 39.4 Å². The van der Waals surface area contributed by atoms with E-state index < -0.39 is 27.2 Å². The van der Waals surface area contributed by atoms with Gasteiger partial charge in [0.1, 0.15) is 5.56 Å². The van der Waals surface area contributed by atoms with Gasteiger partial charge in [0, 0.05) is 29.4 Å². The summed E-state index contributed by atoms with van der Waals surface area (Å²) < 4.78 is 7.86. The molecule has 0 saturated heterocycles. The van der Waals surface area contributed by atoms with Crippen molar-refractivity contribution in [3.8, 4) is 0 Å². The quantitative estimate of drug-likeness (QED) is 0.132. The average molecular weight is 535 g/mol. The number of ether oxygens (including phenoxy) is 1. The first kappa shape index (κ1) is 24.1. The molecule has 1 aromatic heterocycles. The summed E-state index contributed by atoms with van der Waals surface area (Å²) >= 11 is 4.74. The summed E-state index contributed by atoms with van der Waals surface area (Å²) in [6.07, 6.45) is 0.350. The van der Waals surface area contributed by atoms with Crippen molar-refractivity contribution in [2.24, 2.45) is 0 Å². The summed E-state index contributed by atoms with van der Waals surface area (Å²) in [6, 6.07) is 9.83. The molecule has 3 rings (SSSR count). The van der Waals surface area contributed by atoms with Crippen molar-refractivity contribution in [3.05, 3.63) is 94.4 Å². The van der Waals surface area contributed by atoms with E-state index in [0.29, 0.717) is 12.0 Å². The van der Waals surface area contributed by atoms with Crippen molar-refractivity contribution in [1.29, 1.82) is 0 Å². The Labute approximate surface area is 199 Å². The van der Waals surface area contributed by atoms with Crippen LogP contribution >= 0.6 is 27.3 Å². The second-order valence-electron chi connectivity index (χ2n) is 6.89. The highest BCUT2D eigenvalue weighted by molar-refractivity contribution is 9.10. The van der Waals surface area contributed by atoms with E-state index in [-0.39, 0.29) is 24.5 Å². The molecule has 0 amide bonds. The van der Waals surface area contributed by atoms with Gasteiger partial charge in [0.2, 0.25) is 17.8 Å². The Morgan fingerprint density at radius 3 is 2.42 bits per heavy atom. The van der Waals surface area contributed by atoms with E-state index in [1.807, 2.05) is 17.0 Å². The highest BCUT2D eigenvalue weighted by Crippen LogP contribution is 2.25. The molecule has 0 unspecified atom stereocenters. The number of nitro groups is 2. The third kappa shape index (κ3) is 5.84.